The van der Waals surface area contributed by atoms with E-state index in [1.165, 1.54) is 11.5 Å². The van der Waals surface area contributed by atoms with E-state index in [0.717, 1.165) is 18.1 Å². The van der Waals surface area contributed by atoms with Gasteiger partial charge in [-0.3, -0.25) is 4.79 Å². The van der Waals surface area contributed by atoms with Crippen LogP contribution in [-0.2, 0) is 4.79 Å². The van der Waals surface area contributed by atoms with Crippen LogP contribution in [-0.4, -0.2) is 41.9 Å². The average molecular weight is 212 g/mol. The summed E-state index contributed by atoms with van der Waals surface area (Å²) in [5.74, 6) is 0.666. The Bertz CT molecular complexity index is 351. The molecular weight excluding hydrogens is 200 g/mol. The molecule has 0 unspecified atom stereocenters. The summed E-state index contributed by atoms with van der Waals surface area (Å²) in [6, 6.07) is 1.81. The Labute approximate surface area is 86.3 Å². The van der Waals surface area contributed by atoms with E-state index in [0.29, 0.717) is 12.4 Å². The zero-order valence-electron chi connectivity index (χ0n) is 7.93. The molecule has 1 aliphatic heterocycles. The number of nitrogens with zero attached hydrogens (tertiary/aromatic N) is 3. The fourth-order valence-electron chi connectivity index (χ4n) is 1.37. The van der Waals surface area contributed by atoms with Crippen LogP contribution in [0.3, 0.4) is 0 Å². The lowest BCUT2D eigenvalue weighted by Gasteiger charge is -2.32. The number of carbonyl (C=O) groups excluding carboxylic acids is 1. The molecule has 2 N–H and O–H groups in total. The molecule has 1 aromatic rings. The van der Waals surface area contributed by atoms with Gasteiger partial charge in [-0.2, -0.15) is 4.37 Å². The summed E-state index contributed by atoms with van der Waals surface area (Å²) in [7, 11) is 1.82. The summed E-state index contributed by atoms with van der Waals surface area (Å²) in [6.07, 6.45) is 0. The molecule has 1 aliphatic rings. The third-order valence-electron chi connectivity index (χ3n) is 2.28. The minimum absolute atomic E-state index is 0.142. The first-order valence-corrected chi connectivity index (χ1v) is 5.15. The Balaban J connectivity index is 2.10. The summed E-state index contributed by atoms with van der Waals surface area (Å²) in [4.78, 5) is 15.2. The van der Waals surface area contributed by atoms with Crippen molar-refractivity contribution >= 4 is 28.3 Å². The molecule has 0 bridgehead atoms. The number of rotatable bonds is 1. The first kappa shape index (κ1) is 9.26. The fraction of sp³-hybridized carbons (Fsp3) is 0.500. The number of anilines is 2. The molecule has 0 aliphatic carbocycles. The molecule has 0 atom stereocenters. The number of hydrogen-bond acceptors (Lipinski definition) is 5. The van der Waals surface area contributed by atoms with Gasteiger partial charge in [-0.15, -0.1) is 0 Å². The molecule has 1 saturated heterocycles. The van der Waals surface area contributed by atoms with Gasteiger partial charge in [0.1, 0.15) is 10.8 Å². The van der Waals surface area contributed by atoms with Crippen LogP contribution in [0, 0.1) is 0 Å². The Morgan fingerprint density at radius 1 is 1.57 bits per heavy atom. The van der Waals surface area contributed by atoms with Crippen molar-refractivity contribution in [3.63, 3.8) is 0 Å². The molecule has 0 radical (unpaired) electrons. The molecule has 0 saturated carbocycles. The maximum atomic E-state index is 11.4. The zero-order valence-corrected chi connectivity index (χ0v) is 8.75. The molecule has 76 valence electrons. The molecule has 1 amide bonds. The second kappa shape index (κ2) is 3.45. The monoisotopic (exact) mass is 212 g/mol. The van der Waals surface area contributed by atoms with Gasteiger partial charge < -0.3 is 15.5 Å². The number of carbonyl (C=O) groups is 1. The molecule has 0 spiro atoms. The number of hydrogen-bond donors (Lipinski definition) is 1. The Morgan fingerprint density at radius 2 is 2.36 bits per heavy atom. The minimum Gasteiger partial charge on any atom is -0.383 e. The number of amides is 1. The van der Waals surface area contributed by atoms with Crippen molar-refractivity contribution < 1.29 is 4.79 Å². The van der Waals surface area contributed by atoms with Gasteiger partial charge in [0, 0.05) is 26.2 Å². The van der Waals surface area contributed by atoms with Gasteiger partial charge in [-0.25, -0.2) is 0 Å². The SMILES string of the molecule is CN1CCN(c2cc(N)ns2)CC1=O. The van der Waals surface area contributed by atoms with Gasteiger partial charge in [0.25, 0.3) is 0 Å². The molecule has 6 heteroatoms. The summed E-state index contributed by atoms with van der Waals surface area (Å²) in [6.45, 7) is 2.04. The average Bonchev–Trinajstić information content (AvgIpc) is 2.57. The number of likely N-dealkylation sites (N-methyl/N-ethyl adjacent to an activating group) is 1. The molecule has 2 rings (SSSR count). The van der Waals surface area contributed by atoms with Gasteiger partial charge in [0.05, 0.1) is 6.54 Å². The van der Waals surface area contributed by atoms with Crippen molar-refractivity contribution in [2.75, 3.05) is 37.3 Å². The van der Waals surface area contributed by atoms with Crippen LogP contribution in [0.25, 0.3) is 0 Å². The minimum atomic E-state index is 0.142. The lowest BCUT2D eigenvalue weighted by atomic mass is 10.3. The predicted molar refractivity (Wildman–Crippen MR) is 56.4 cm³/mol. The third kappa shape index (κ3) is 1.65. The van der Waals surface area contributed by atoms with Crippen LogP contribution in [0.4, 0.5) is 10.8 Å². The number of nitrogens with two attached hydrogens (primary N) is 1. The third-order valence-corrected chi connectivity index (χ3v) is 3.15. The highest BCUT2D eigenvalue weighted by Crippen LogP contribution is 2.23. The van der Waals surface area contributed by atoms with Crippen LogP contribution in [0.1, 0.15) is 0 Å². The Kier molecular flexibility index (Phi) is 2.28. The van der Waals surface area contributed by atoms with Crippen LogP contribution >= 0.6 is 11.5 Å². The summed E-state index contributed by atoms with van der Waals surface area (Å²) in [5, 5.41) is 0.976. The van der Waals surface area contributed by atoms with Crippen molar-refractivity contribution in [3.05, 3.63) is 6.07 Å². The maximum absolute atomic E-state index is 11.4. The molecular formula is C8H12N4OS. The zero-order chi connectivity index (χ0) is 10.1. The second-order valence-corrected chi connectivity index (χ2v) is 4.11. The smallest absolute Gasteiger partial charge is 0.241 e. The van der Waals surface area contributed by atoms with E-state index < -0.39 is 0 Å². The van der Waals surface area contributed by atoms with Crippen molar-refractivity contribution in [2.24, 2.45) is 0 Å². The normalized spacial score (nSPS) is 17.6. The van der Waals surface area contributed by atoms with Crippen molar-refractivity contribution in [1.82, 2.24) is 9.27 Å². The Morgan fingerprint density at radius 3 is 2.93 bits per heavy atom. The highest BCUT2D eigenvalue weighted by Gasteiger charge is 2.22. The number of piperazine rings is 1. The molecule has 1 aromatic heterocycles. The quantitative estimate of drug-likeness (QED) is 0.712. The first-order chi connectivity index (χ1) is 6.66. The van der Waals surface area contributed by atoms with E-state index in [-0.39, 0.29) is 5.91 Å². The first-order valence-electron chi connectivity index (χ1n) is 4.38. The van der Waals surface area contributed by atoms with Crippen LogP contribution in [0.15, 0.2) is 6.07 Å². The summed E-state index contributed by atoms with van der Waals surface area (Å²) in [5.41, 5.74) is 5.52. The van der Waals surface area contributed by atoms with E-state index in [9.17, 15) is 4.79 Å². The molecule has 2 heterocycles. The van der Waals surface area contributed by atoms with Crippen LogP contribution < -0.4 is 10.6 Å². The largest absolute Gasteiger partial charge is 0.383 e. The standard InChI is InChI=1S/C8H12N4OS/c1-11-2-3-12(5-7(11)13)8-4-6(9)10-14-8/h4H,2-3,5H2,1H3,(H2,9,10). The molecule has 5 nitrogen and oxygen atoms in total. The second-order valence-electron chi connectivity index (χ2n) is 3.33. The van der Waals surface area contributed by atoms with Crippen molar-refractivity contribution in [2.45, 2.75) is 0 Å². The van der Waals surface area contributed by atoms with E-state index >= 15 is 0 Å². The lowest BCUT2D eigenvalue weighted by Crippen LogP contribution is -2.48. The van der Waals surface area contributed by atoms with Gasteiger partial charge in [-0.05, 0) is 11.5 Å². The predicted octanol–water partition coefficient (Wildman–Crippen LogP) is 0.00370. The van der Waals surface area contributed by atoms with Gasteiger partial charge in [0.2, 0.25) is 5.91 Å². The highest BCUT2D eigenvalue weighted by molar-refractivity contribution is 7.10. The lowest BCUT2D eigenvalue weighted by molar-refractivity contribution is -0.129. The van der Waals surface area contributed by atoms with Gasteiger partial charge in [0.15, 0.2) is 0 Å². The maximum Gasteiger partial charge on any atom is 0.241 e. The van der Waals surface area contributed by atoms with E-state index in [4.69, 9.17) is 5.73 Å². The van der Waals surface area contributed by atoms with E-state index in [1.807, 2.05) is 18.0 Å². The van der Waals surface area contributed by atoms with Crippen molar-refractivity contribution in [3.8, 4) is 0 Å². The van der Waals surface area contributed by atoms with E-state index in [1.54, 1.807) is 4.90 Å². The highest BCUT2D eigenvalue weighted by atomic mass is 32.1. The van der Waals surface area contributed by atoms with Gasteiger partial charge in [-0.1, -0.05) is 0 Å². The van der Waals surface area contributed by atoms with Crippen LogP contribution in [0.5, 0.6) is 0 Å². The van der Waals surface area contributed by atoms with Crippen molar-refractivity contribution in [1.29, 1.82) is 0 Å². The fourth-order valence-corrected chi connectivity index (χ4v) is 2.07. The molecule has 1 fully saturated rings. The summed E-state index contributed by atoms with van der Waals surface area (Å²) < 4.78 is 3.99. The van der Waals surface area contributed by atoms with Gasteiger partial charge >= 0.3 is 0 Å². The number of aromatic nitrogens is 1. The summed E-state index contributed by atoms with van der Waals surface area (Å²) >= 11 is 1.34. The van der Waals surface area contributed by atoms with Crippen LogP contribution in [0.2, 0.25) is 0 Å². The Hall–Kier alpha value is -1.30. The number of nitrogen functional groups attached to an aromatic ring is 1. The topological polar surface area (TPSA) is 62.5 Å². The molecule has 14 heavy (non-hydrogen) atoms. The van der Waals surface area contributed by atoms with E-state index in [2.05, 4.69) is 4.37 Å². The molecule has 0 aromatic carbocycles.